The first-order valence-corrected chi connectivity index (χ1v) is 7.25. The van der Waals surface area contributed by atoms with E-state index in [0.29, 0.717) is 5.69 Å². The molecule has 0 amide bonds. The van der Waals surface area contributed by atoms with Crippen LogP contribution in [-0.2, 0) is 10.0 Å². The Morgan fingerprint density at radius 2 is 2.05 bits per heavy atom. The molecule has 100 valence electrons. The minimum absolute atomic E-state index is 0.0770. The summed E-state index contributed by atoms with van der Waals surface area (Å²) in [6, 6.07) is 6.21. The van der Waals surface area contributed by atoms with Gasteiger partial charge in [-0.3, -0.25) is 9.71 Å². The first kappa shape index (κ1) is 13.6. The fraction of sp³-hybridized carbons (Fsp3) is 0.0833. The highest BCUT2D eigenvalue weighted by Gasteiger charge is 2.21. The van der Waals surface area contributed by atoms with E-state index in [-0.39, 0.29) is 15.6 Å². The van der Waals surface area contributed by atoms with E-state index in [2.05, 4.69) is 9.71 Å². The van der Waals surface area contributed by atoms with Crippen LogP contribution in [0.1, 0.15) is 5.56 Å². The molecule has 5 nitrogen and oxygen atoms in total. The summed E-state index contributed by atoms with van der Waals surface area (Å²) in [6.07, 6.45) is 3.04. The van der Waals surface area contributed by atoms with Crippen molar-refractivity contribution in [3.8, 4) is 0 Å². The second-order valence-electron chi connectivity index (χ2n) is 4.01. The van der Waals surface area contributed by atoms with Gasteiger partial charge in [0.2, 0.25) is 0 Å². The van der Waals surface area contributed by atoms with Crippen LogP contribution in [0.15, 0.2) is 41.6 Å². The highest BCUT2D eigenvalue weighted by molar-refractivity contribution is 7.93. The lowest BCUT2D eigenvalue weighted by Gasteiger charge is -2.11. The van der Waals surface area contributed by atoms with Gasteiger partial charge in [0.15, 0.2) is 0 Å². The predicted octanol–water partition coefficient (Wildman–Crippen LogP) is 2.43. The van der Waals surface area contributed by atoms with Crippen molar-refractivity contribution in [2.45, 2.75) is 11.8 Å². The second-order valence-corrected chi connectivity index (χ2v) is 6.04. The molecule has 0 spiro atoms. The molecule has 0 aliphatic heterocycles. The number of halogens is 1. The van der Waals surface area contributed by atoms with Crippen LogP contribution in [0, 0.1) is 6.92 Å². The lowest BCUT2D eigenvalue weighted by Crippen LogP contribution is -2.15. The van der Waals surface area contributed by atoms with Crippen molar-refractivity contribution in [3.05, 3.63) is 47.2 Å². The van der Waals surface area contributed by atoms with Gasteiger partial charge in [-0.15, -0.1) is 0 Å². The monoisotopic (exact) mass is 297 g/mol. The first-order chi connectivity index (χ1) is 8.90. The third-order valence-corrected chi connectivity index (χ3v) is 4.32. The molecule has 1 heterocycles. The Balaban J connectivity index is 2.44. The van der Waals surface area contributed by atoms with Gasteiger partial charge in [0.25, 0.3) is 10.0 Å². The average Bonchev–Trinajstić information content (AvgIpc) is 2.27. The molecule has 1 aromatic heterocycles. The number of nitrogens with two attached hydrogens (primary N) is 1. The minimum Gasteiger partial charge on any atom is -0.398 e. The average molecular weight is 298 g/mol. The summed E-state index contributed by atoms with van der Waals surface area (Å²) in [7, 11) is -3.84. The maximum Gasteiger partial charge on any atom is 0.265 e. The molecule has 3 N–H and O–H groups in total. The molecule has 2 rings (SSSR count). The van der Waals surface area contributed by atoms with Gasteiger partial charge in [0.1, 0.15) is 4.90 Å². The summed E-state index contributed by atoms with van der Waals surface area (Å²) >= 11 is 5.90. The smallest absolute Gasteiger partial charge is 0.265 e. The number of nitrogen functional groups attached to an aromatic ring is 1. The molecule has 0 radical (unpaired) electrons. The zero-order chi connectivity index (χ0) is 14.0. The van der Waals surface area contributed by atoms with Crippen molar-refractivity contribution < 1.29 is 8.42 Å². The van der Waals surface area contributed by atoms with Crippen LogP contribution in [0.4, 0.5) is 11.4 Å². The van der Waals surface area contributed by atoms with Crippen LogP contribution < -0.4 is 10.5 Å². The quantitative estimate of drug-likeness (QED) is 0.852. The standard InChI is InChI=1S/C12H12ClN3O2S/c1-8-5-9(7-15-6-8)16-19(17,18)12-10(13)3-2-4-11(12)14/h2-7,16H,14H2,1H3. The summed E-state index contributed by atoms with van der Waals surface area (Å²) in [5.41, 5.74) is 6.97. The van der Waals surface area contributed by atoms with Gasteiger partial charge in [-0.2, -0.15) is 0 Å². The van der Waals surface area contributed by atoms with Gasteiger partial charge in [0, 0.05) is 6.20 Å². The Hall–Kier alpha value is -1.79. The maximum absolute atomic E-state index is 12.3. The molecule has 0 fully saturated rings. The van der Waals surface area contributed by atoms with E-state index in [1.165, 1.54) is 18.3 Å². The first-order valence-electron chi connectivity index (χ1n) is 5.38. The van der Waals surface area contributed by atoms with Crippen LogP contribution in [0.3, 0.4) is 0 Å². The summed E-state index contributed by atoms with van der Waals surface area (Å²) in [4.78, 5) is 3.79. The molecular formula is C12H12ClN3O2S. The third-order valence-electron chi connectivity index (χ3n) is 2.39. The summed E-state index contributed by atoms with van der Waals surface area (Å²) in [5, 5.41) is 0.0770. The lowest BCUT2D eigenvalue weighted by atomic mass is 10.3. The fourth-order valence-electron chi connectivity index (χ4n) is 1.63. The van der Waals surface area contributed by atoms with Crippen LogP contribution in [-0.4, -0.2) is 13.4 Å². The Morgan fingerprint density at radius 1 is 1.32 bits per heavy atom. The van der Waals surface area contributed by atoms with E-state index < -0.39 is 10.0 Å². The largest absolute Gasteiger partial charge is 0.398 e. The number of hydrogen-bond acceptors (Lipinski definition) is 4. The van der Waals surface area contributed by atoms with E-state index in [0.717, 1.165) is 5.56 Å². The number of rotatable bonds is 3. The van der Waals surface area contributed by atoms with Crippen LogP contribution in [0.2, 0.25) is 5.02 Å². The Kier molecular flexibility index (Phi) is 3.64. The molecule has 0 unspecified atom stereocenters. The van der Waals surface area contributed by atoms with Crippen molar-refractivity contribution >= 4 is 33.0 Å². The number of aromatic nitrogens is 1. The number of sulfonamides is 1. The van der Waals surface area contributed by atoms with Gasteiger partial charge in [-0.1, -0.05) is 17.7 Å². The summed E-state index contributed by atoms with van der Waals surface area (Å²) in [6.45, 7) is 1.81. The van der Waals surface area contributed by atoms with Crippen molar-refractivity contribution in [1.82, 2.24) is 4.98 Å². The number of nitrogens with one attached hydrogen (secondary N) is 1. The van der Waals surface area contributed by atoms with E-state index in [1.54, 1.807) is 18.3 Å². The zero-order valence-electron chi connectivity index (χ0n) is 10.1. The normalized spacial score (nSPS) is 11.3. The van der Waals surface area contributed by atoms with E-state index in [4.69, 9.17) is 17.3 Å². The molecule has 7 heteroatoms. The molecule has 0 aliphatic carbocycles. The van der Waals surface area contributed by atoms with Crippen molar-refractivity contribution in [2.75, 3.05) is 10.5 Å². The molecule has 0 saturated heterocycles. The summed E-state index contributed by atoms with van der Waals surface area (Å²) < 4.78 is 26.9. The fourth-order valence-corrected chi connectivity index (χ4v) is 3.34. The molecule has 1 aromatic carbocycles. The number of pyridine rings is 1. The Labute approximate surface area is 116 Å². The van der Waals surface area contributed by atoms with Gasteiger partial charge >= 0.3 is 0 Å². The predicted molar refractivity (Wildman–Crippen MR) is 75.6 cm³/mol. The van der Waals surface area contributed by atoms with Gasteiger partial charge in [0.05, 0.1) is 22.6 Å². The van der Waals surface area contributed by atoms with Crippen LogP contribution in [0.25, 0.3) is 0 Å². The summed E-state index contributed by atoms with van der Waals surface area (Å²) in [5.74, 6) is 0. The van der Waals surface area contributed by atoms with Gasteiger partial charge in [-0.25, -0.2) is 8.42 Å². The molecule has 2 aromatic rings. The Bertz CT molecular complexity index is 696. The van der Waals surface area contributed by atoms with Crippen LogP contribution >= 0.6 is 11.6 Å². The number of anilines is 2. The molecule has 0 bridgehead atoms. The van der Waals surface area contributed by atoms with Gasteiger partial charge < -0.3 is 5.73 Å². The number of nitrogens with zero attached hydrogens (tertiary/aromatic N) is 1. The van der Waals surface area contributed by atoms with Gasteiger partial charge in [-0.05, 0) is 30.7 Å². The van der Waals surface area contributed by atoms with Crippen molar-refractivity contribution in [1.29, 1.82) is 0 Å². The van der Waals surface area contributed by atoms with E-state index >= 15 is 0 Å². The lowest BCUT2D eigenvalue weighted by molar-refractivity contribution is 0.601. The number of aryl methyl sites for hydroxylation is 1. The van der Waals surface area contributed by atoms with Crippen LogP contribution in [0.5, 0.6) is 0 Å². The zero-order valence-corrected chi connectivity index (χ0v) is 11.7. The highest BCUT2D eigenvalue weighted by atomic mass is 35.5. The SMILES string of the molecule is Cc1cncc(NS(=O)(=O)c2c(N)cccc2Cl)c1. The second kappa shape index (κ2) is 5.07. The van der Waals surface area contributed by atoms with E-state index in [1.807, 2.05) is 6.92 Å². The minimum atomic E-state index is -3.84. The van der Waals surface area contributed by atoms with E-state index in [9.17, 15) is 8.42 Å². The maximum atomic E-state index is 12.3. The molecule has 19 heavy (non-hydrogen) atoms. The third kappa shape index (κ3) is 2.97. The van der Waals surface area contributed by atoms with Crippen molar-refractivity contribution in [3.63, 3.8) is 0 Å². The molecule has 0 aliphatic rings. The topological polar surface area (TPSA) is 85.1 Å². The van der Waals surface area contributed by atoms with Crippen molar-refractivity contribution in [2.24, 2.45) is 0 Å². The molecular weight excluding hydrogens is 286 g/mol. The number of hydrogen-bond donors (Lipinski definition) is 2. The molecule has 0 saturated carbocycles. The number of benzene rings is 1. The highest BCUT2D eigenvalue weighted by Crippen LogP contribution is 2.28. The Morgan fingerprint density at radius 3 is 2.68 bits per heavy atom. The molecule has 0 atom stereocenters.